The first-order valence-electron chi connectivity index (χ1n) is 10.4. The zero-order valence-electron chi connectivity index (χ0n) is 17.8. The van der Waals surface area contributed by atoms with Crippen molar-refractivity contribution in [1.29, 1.82) is 0 Å². The Labute approximate surface area is 173 Å². The van der Waals surface area contributed by atoms with E-state index in [1.807, 2.05) is 18.2 Å². The molecule has 1 atom stereocenters. The fraction of sp³-hybridized carbons (Fsp3) is 0.417. The number of hydrogen-bond donors (Lipinski definition) is 1. The van der Waals surface area contributed by atoms with Gasteiger partial charge in [0, 0.05) is 31.6 Å². The summed E-state index contributed by atoms with van der Waals surface area (Å²) in [5.74, 6) is 2.33. The topological polar surface area (TPSA) is 52.5 Å². The second-order valence-corrected chi connectivity index (χ2v) is 8.53. The van der Waals surface area contributed by atoms with Crippen LogP contribution in [-0.2, 0) is 0 Å². The monoisotopic (exact) mass is 390 g/mol. The van der Waals surface area contributed by atoms with E-state index in [1.165, 1.54) is 13.0 Å². The second kappa shape index (κ2) is 7.99. The minimum atomic E-state index is 0.205. The predicted octanol–water partition coefficient (Wildman–Crippen LogP) is 4.48. The van der Waals surface area contributed by atoms with E-state index in [2.05, 4.69) is 55.8 Å². The molecule has 0 saturated carbocycles. The Balaban J connectivity index is 1.71. The lowest BCUT2D eigenvalue weighted by atomic mass is 10.1. The molecule has 1 aliphatic heterocycles. The number of aryl methyl sites for hydroxylation is 1. The maximum atomic E-state index is 10.3. The third kappa shape index (κ3) is 4.06. The van der Waals surface area contributed by atoms with Crippen LogP contribution in [0.3, 0.4) is 0 Å². The van der Waals surface area contributed by atoms with Gasteiger partial charge in [0.2, 0.25) is 0 Å². The molecule has 0 spiro atoms. The normalized spacial score (nSPS) is 17.3. The Bertz CT molecular complexity index is 1020. The lowest BCUT2D eigenvalue weighted by Gasteiger charge is -2.25. The molecule has 2 aromatic carbocycles. The SMILES string of the molecule is Cc1ccc2c(N(C)CC3CCN(C(C)C)C3)nc(-c3ccccc3O)nc2c1. The molecular weight excluding hydrogens is 360 g/mol. The van der Waals surface area contributed by atoms with Gasteiger partial charge in [-0.2, -0.15) is 0 Å². The first-order valence-corrected chi connectivity index (χ1v) is 10.4. The summed E-state index contributed by atoms with van der Waals surface area (Å²) < 4.78 is 0. The number of hydrogen-bond acceptors (Lipinski definition) is 5. The Hall–Kier alpha value is -2.66. The van der Waals surface area contributed by atoms with Crippen LogP contribution in [0.25, 0.3) is 22.3 Å². The van der Waals surface area contributed by atoms with Gasteiger partial charge >= 0.3 is 0 Å². The fourth-order valence-electron chi connectivity index (χ4n) is 4.25. The zero-order chi connectivity index (χ0) is 20.5. The van der Waals surface area contributed by atoms with E-state index in [-0.39, 0.29) is 5.75 Å². The minimum absolute atomic E-state index is 0.205. The average Bonchev–Trinajstić information content (AvgIpc) is 3.16. The number of phenols is 1. The smallest absolute Gasteiger partial charge is 0.165 e. The van der Waals surface area contributed by atoms with Crippen LogP contribution in [-0.4, -0.2) is 52.7 Å². The molecule has 4 rings (SSSR count). The van der Waals surface area contributed by atoms with E-state index < -0.39 is 0 Å². The maximum absolute atomic E-state index is 10.3. The minimum Gasteiger partial charge on any atom is -0.507 e. The molecule has 5 heteroatoms. The molecule has 29 heavy (non-hydrogen) atoms. The van der Waals surface area contributed by atoms with Crippen molar-refractivity contribution in [1.82, 2.24) is 14.9 Å². The predicted molar refractivity (Wildman–Crippen MR) is 119 cm³/mol. The van der Waals surface area contributed by atoms with Crippen LogP contribution in [0, 0.1) is 12.8 Å². The number of aromatic nitrogens is 2. The highest BCUT2D eigenvalue weighted by molar-refractivity contribution is 5.91. The molecule has 0 radical (unpaired) electrons. The van der Waals surface area contributed by atoms with Crippen molar-refractivity contribution in [3.8, 4) is 17.1 Å². The number of phenolic OH excluding ortho intramolecular Hbond substituents is 1. The molecule has 3 aromatic rings. The van der Waals surface area contributed by atoms with E-state index in [9.17, 15) is 5.11 Å². The number of aromatic hydroxyl groups is 1. The number of nitrogens with zero attached hydrogens (tertiary/aromatic N) is 4. The van der Waals surface area contributed by atoms with Gasteiger partial charge in [-0.3, -0.25) is 0 Å². The molecule has 1 saturated heterocycles. The van der Waals surface area contributed by atoms with Gasteiger partial charge < -0.3 is 14.9 Å². The average molecular weight is 391 g/mol. The molecule has 152 valence electrons. The summed E-state index contributed by atoms with van der Waals surface area (Å²) in [6.07, 6.45) is 1.22. The fourth-order valence-corrected chi connectivity index (χ4v) is 4.25. The Morgan fingerprint density at radius 2 is 1.97 bits per heavy atom. The van der Waals surface area contributed by atoms with Crippen LogP contribution in [0.1, 0.15) is 25.8 Å². The summed E-state index contributed by atoms with van der Waals surface area (Å²) in [5.41, 5.74) is 2.74. The standard InChI is InChI=1S/C24H30N4O/c1-16(2)28-12-11-18(15-28)14-27(4)24-19-10-9-17(3)13-21(19)25-23(26-24)20-7-5-6-8-22(20)29/h5-10,13,16,18,29H,11-12,14-15H2,1-4H3. The van der Waals surface area contributed by atoms with E-state index in [0.29, 0.717) is 23.3 Å². The number of rotatable bonds is 5. The van der Waals surface area contributed by atoms with Crippen molar-refractivity contribution in [3.63, 3.8) is 0 Å². The third-order valence-electron chi connectivity index (χ3n) is 5.92. The molecule has 1 N–H and O–H groups in total. The summed E-state index contributed by atoms with van der Waals surface area (Å²) in [5, 5.41) is 11.4. The van der Waals surface area contributed by atoms with Gasteiger partial charge in [0.15, 0.2) is 5.82 Å². The number of anilines is 1. The molecule has 1 fully saturated rings. The summed E-state index contributed by atoms with van der Waals surface area (Å²) in [7, 11) is 2.12. The van der Waals surface area contributed by atoms with Gasteiger partial charge in [-0.15, -0.1) is 0 Å². The maximum Gasteiger partial charge on any atom is 0.165 e. The lowest BCUT2D eigenvalue weighted by molar-refractivity contribution is 0.265. The van der Waals surface area contributed by atoms with Crippen molar-refractivity contribution in [2.24, 2.45) is 5.92 Å². The van der Waals surface area contributed by atoms with Gasteiger partial charge in [-0.05, 0) is 69.5 Å². The highest BCUT2D eigenvalue weighted by Crippen LogP contribution is 2.32. The quantitative estimate of drug-likeness (QED) is 0.696. The van der Waals surface area contributed by atoms with Crippen LogP contribution in [0.15, 0.2) is 42.5 Å². The molecular formula is C24H30N4O. The molecule has 0 aliphatic carbocycles. The first-order chi connectivity index (χ1) is 13.9. The van der Waals surface area contributed by atoms with E-state index >= 15 is 0 Å². The highest BCUT2D eigenvalue weighted by atomic mass is 16.3. The van der Waals surface area contributed by atoms with Crippen LogP contribution in [0.5, 0.6) is 5.75 Å². The van der Waals surface area contributed by atoms with Gasteiger partial charge in [-0.25, -0.2) is 9.97 Å². The van der Waals surface area contributed by atoms with Gasteiger partial charge in [0.1, 0.15) is 11.6 Å². The molecule has 1 unspecified atom stereocenters. The lowest BCUT2D eigenvalue weighted by Crippen LogP contribution is -2.31. The summed E-state index contributed by atoms with van der Waals surface area (Å²) >= 11 is 0. The molecule has 2 heterocycles. The highest BCUT2D eigenvalue weighted by Gasteiger charge is 2.26. The van der Waals surface area contributed by atoms with Gasteiger partial charge in [0.25, 0.3) is 0 Å². The number of para-hydroxylation sites is 1. The van der Waals surface area contributed by atoms with Gasteiger partial charge in [0.05, 0.1) is 11.1 Å². The van der Waals surface area contributed by atoms with Crippen molar-refractivity contribution >= 4 is 16.7 Å². The second-order valence-electron chi connectivity index (χ2n) is 8.53. The van der Waals surface area contributed by atoms with Crippen molar-refractivity contribution in [2.45, 2.75) is 33.2 Å². The van der Waals surface area contributed by atoms with Crippen molar-refractivity contribution in [2.75, 3.05) is 31.6 Å². The number of likely N-dealkylation sites (tertiary alicyclic amines) is 1. The summed E-state index contributed by atoms with van der Waals surface area (Å²) in [6, 6.07) is 14.2. The Morgan fingerprint density at radius 1 is 1.17 bits per heavy atom. The van der Waals surface area contributed by atoms with Crippen LogP contribution < -0.4 is 4.90 Å². The van der Waals surface area contributed by atoms with Crippen LogP contribution >= 0.6 is 0 Å². The van der Waals surface area contributed by atoms with Crippen LogP contribution in [0.2, 0.25) is 0 Å². The molecule has 0 amide bonds. The van der Waals surface area contributed by atoms with Crippen LogP contribution in [0.4, 0.5) is 5.82 Å². The molecule has 0 bridgehead atoms. The first kappa shape index (κ1) is 19.6. The zero-order valence-corrected chi connectivity index (χ0v) is 17.8. The largest absolute Gasteiger partial charge is 0.507 e. The summed E-state index contributed by atoms with van der Waals surface area (Å²) in [6.45, 7) is 9.88. The molecule has 1 aromatic heterocycles. The van der Waals surface area contributed by atoms with E-state index in [0.717, 1.165) is 35.4 Å². The number of fused-ring (bicyclic) bond motifs is 1. The summed E-state index contributed by atoms with van der Waals surface area (Å²) in [4.78, 5) is 14.5. The van der Waals surface area contributed by atoms with E-state index in [4.69, 9.17) is 9.97 Å². The van der Waals surface area contributed by atoms with Crippen molar-refractivity contribution < 1.29 is 5.11 Å². The Morgan fingerprint density at radius 3 is 2.69 bits per heavy atom. The third-order valence-corrected chi connectivity index (χ3v) is 5.92. The van der Waals surface area contributed by atoms with Gasteiger partial charge in [-0.1, -0.05) is 18.2 Å². The molecule has 5 nitrogen and oxygen atoms in total. The Kier molecular flexibility index (Phi) is 5.41. The molecule has 1 aliphatic rings. The van der Waals surface area contributed by atoms with E-state index in [1.54, 1.807) is 6.07 Å². The van der Waals surface area contributed by atoms with Crippen molar-refractivity contribution in [3.05, 3.63) is 48.0 Å². The number of benzene rings is 2.